The molecule has 1 aliphatic heterocycles. The Labute approximate surface area is 129 Å². The molecule has 1 fully saturated rings. The molecule has 1 aliphatic rings. The van der Waals surface area contributed by atoms with Crippen molar-refractivity contribution in [2.45, 2.75) is 19.4 Å². The van der Waals surface area contributed by atoms with Gasteiger partial charge < -0.3 is 19.9 Å². The number of hydrogen-bond donors (Lipinski definition) is 2. The molecule has 0 bridgehead atoms. The molecule has 0 radical (unpaired) electrons. The molecule has 1 saturated heterocycles. The number of nitrogens with one attached hydrogen (secondary N) is 1. The maximum Gasteiger partial charge on any atom is 0.308 e. The lowest BCUT2D eigenvalue weighted by molar-refractivity contribution is -0.148. The summed E-state index contributed by atoms with van der Waals surface area (Å²) in [5.41, 5.74) is 2.03. The minimum absolute atomic E-state index is 0.0714. The second kappa shape index (κ2) is 7.91. The van der Waals surface area contributed by atoms with E-state index in [9.17, 15) is 14.7 Å². The van der Waals surface area contributed by atoms with Crippen molar-refractivity contribution in [2.24, 2.45) is 5.92 Å². The Hall–Kier alpha value is -1.92. The van der Waals surface area contributed by atoms with Crippen LogP contribution in [0.3, 0.4) is 0 Å². The van der Waals surface area contributed by atoms with Crippen LogP contribution >= 0.6 is 0 Å². The lowest BCUT2D eigenvalue weighted by atomic mass is 9.98. The van der Waals surface area contributed by atoms with Gasteiger partial charge in [0.15, 0.2) is 6.10 Å². The molecule has 2 atom stereocenters. The Bertz CT molecular complexity index is 525. The summed E-state index contributed by atoms with van der Waals surface area (Å²) in [4.78, 5) is 23.3. The Morgan fingerprint density at radius 2 is 2.23 bits per heavy atom. The van der Waals surface area contributed by atoms with Gasteiger partial charge in [-0.15, -0.1) is 0 Å². The van der Waals surface area contributed by atoms with Crippen LogP contribution in [0, 0.1) is 12.8 Å². The SMILES string of the molecule is Cc1cccc(C[C@H](CNC(=O)[C@@H]2COCCO2)C(=O)O)c1. The monoisotopic (exact) mass is 307 g/mol. The molecule has 0 spiro atoms. The van der Waals surface area contributed by atoms with Crippen LogP contribution in [-0.4, -0.2) is 49.5 Å². The van der Waals surface area contributed by atoms with E-state index in [1.165, 1.54) is 0 Å². The van der Waals surface area contributed by atoms with E-state index < -0.39 is 18.0 Å². The lowest BCUT2D eigenvalue weighted by Gasteiger charge is -2.23. The summed E-state index contributed by atoms with van der Waals surface area (Å²) in [6.45, 7) is 3.10. The molecule has 0 aromatic heterocycles. The second-order valence-electron chi connectivity index (χ2n) is 5.41. The molecule has 1 aromatic rings. The smallest absolute Gasteiger partial charge is 0.308 e. The molecule has 2 N–H and O–H groups in total. The highest BCUT2D eigenvalue weighted by molar-refractivity contribution is 5.81. The molecule has 6 nitrogen and oxygen atoms in total. The first-order valence-corrected chi connectivity index (χ1v) is 7.31. The topological polar surface area (TPSA) is 84.9 Å². The molecule has 0 saturated carbocycles. The Morgan fingerprint density at radius 3 is 2.86 bits per heavy atom. The third kappa shape index (κ3) is 4.82. The average molecular weight is 307 g/mol. The van der Waals surface area contributed by atoms with Gasteiger partial charge in [-0.1, -0.05) is 29.8 Å². The molecular formula is C16H21NO5. The average Bonchev–Trinajstić information content (AvgIpc) is 2.51. The fraction of sp³-hybridized carbons (Fsp3) is 0.500. The van der Waals surface area contributed by atoms with E-state index in [4.69, 9.17) is 9.47 Å². The van der Waals surface area contributed by atoms with Gasteiger partial charge in [-0.25, -0.2) is 0 Å². The number of ether oxygens (including phenoxy) is 2. The second-order valence-corrected chi connectivity index (χ2v) is 5.41. The number of rotatable bonds is 6. The van der Waals surface area contributed by atoms with Gasteiger partial charge in [0.05, 0.1) is 25.7 Å². The zero-order valence-electron chi connectivity index (χ0n) is 12.6. The normalized spacial score (nSPS) is 19.4. The fourth-order valence-corrected chi connectivity index (χ4v) is 2.35. The van der Waals surface area contributed by atoms with Crippen LogP contribution in [0.15, 0.2) is 24.3 Å². The van der Waals surface area contributed by atoms with Gasteiger partial charge in [0.2, 0.25) is 0 Å². The molecule has 1 aromatic carbocycles. The van der Waals surface area contributed by atoms with Crippen LogP contribution in [0.4, 0.5) is 0 Å². The van der Waals surface area contributed by atoms with Gasteiger partial charge in [-0.2, -0.15) is 0 Å². The maximum atomic E-state index is 11.9. The molecule has 0 unspecified atom stereocenters. The maximum absolute atomic E-state index is 11.9. The van der Waals surface area contributed by atoms with Gasteiger partial charge in [0.1, 0.15) is 0 Å². The van der Waals surface area contributed by atoms with E-state index in [1.807, 2.05) is 31.2 Å². The molecule has 1 heterocycles. The lowest BCUT2D eigenvalue weighted by Crippen LogP contribution is -2.45. The minimum atomic E-state index is -0.928. The van der Waals surface area contributed by atoms with Gasteiger partial charge in [0.25, 0.3) is 5.91 Å². The van der Waals surface area contributed by atoms with Crippen molar-refractivity contribution in [3.05, 3.63) is 35.4 Å². The largest absolute Gasteiger partial charge is 0.481 e. The van der Waals surface area contributed by atoms with Crippen molar-refractivity contribution < 1.29 is 24.2 Å². The van der Waals surface area contributed by atoms with E-state index in [0.29, 0.717) is 19.6 Å². The van der Waals surface area contributed by atoms with Crippen LogP contribution in [-0.2, 0) is 25.5 Å². The van der Waals surface area contributed by atoms with Crippen LogP contribution in [0.2, 0.25) is 0 Å². The number of amides is 1. The van der Waals surface area contributed by atoms with Crippen molar-refractivity contribution in [2.75, 3.05) is 26.4 Å². The summed E-state index contributed by atoms with van der Waals surface area (Å²) in [5, 5.41) is 12.0. The number of aryl methyl sites for hydroxylation is 1. The zero-order valence-corrected chi connectivity index (χ0v) is 12.6. The Morgan fingerprint density at radius 1 is 1.41 bits per heavy atom. The summed E-state index contributed by atoms with van der Waals surface area (Å²) >= 11 is 0. The van der Waals surface area contributed by atoms with E-state index >= 15 is 0 Å². The van der Waals surface area contributed by atoms with E-state index in [2.05, 4.69) is 5.32 Å². The zero-order chi connectivity index (χ0) is 15.9. The minimum Gasteiger partial charge on any atom is -0.481 e. The summed E-state index contributed by atoms with van der Waals surface area (Å²) in [5.74, 6) is -1.92. The third-order valence-corrected chi connectivity index (χ3v) is 3.54. The van der Waals surface area contributed by atoms with Crippen LogP contribution in [0.1, 0.15) is 11.1 Å². The van der Waals surface area contributed by atoms with Gasteiger partial charge in [-0.05, 0) is 18.9 Å². The van der Waals surface area contributed by atoms with E-state index in [1.54, 1.807) is 0 Å². The van der Waals surface area contributed by atoms with Crippen molar-refractivity contribution in [1.29, 1.82) is 0 Å². The first-order chi connectivity index (χ1) is 10.6. The fourth-order valence-electron chi connectivity index (χ4n) is 2.35. The standard InChI is InChI=1S/C16H21NO5/c1-11-3-2-4-12(7-11)8-13(16(19)20)9-17-15(18)14-10-21-5-6-22-14/h2-4,7,13-14H,5-6,8-10H2,1H3,(H,17,18)(H,19,20)/t13-,14+/m1/s1. The van der Waals surface area contributed by atoms with Gasteiger partial charge >= 0.3 is 5.97 Å². The highest BCUT2D eigenvalue weighted by Gasteiger charge is 2.25. The molecule has 6 heteroatoms. The summed E-state index contributed by atoms with van der Waals surface area (Å²) in [6, 6.07) is 7.70. The molecule has 1 amide bonds. The predicted molar refractivity (Wildman–Crippen MR) is 79.6 cm³/mol. The number of benzene rings is 1. The Balaban J connectivity index is 1.88. The molecular weight excluding hydrogens is 286 g/mol. The van der Waals surface area contributed by atoms with E-state index in [-0.39, 0.29) is 19.1 Å². The first-order valence-electron chi connectivity index (χ1n) is 7.31. The quantitative estimate of drug-likeness (QED) is 0.811. The number of hydrogen-bond acceptors (Lipinski definition) is 4. The number of carboxylic acid groups (broad SMARTS) is 1. The third-order valence-electron chi connectivity index (χ3n) is 3.54. The van der Waals surface area contributed by atoms with Crippen molar-refractivity contribution in [3.63, 3.8) is 0 Å². The number of aliphatic carboxylic acids is 1. The molecule has 0 aliphatic carbocycles. The van der Waals surface area contributed by atoms with Gasteiger partial charge in [-0.3, -0.25) is 9.59 Å². The summed E-state index contributed by atoms with van der Waals surface area (Å²) < 4.78 is 10.4. The first kappa shape index (κ1) is 16.5. The van der Waals surface area contributed by atoms with Crippen LogP contribution in [0.5, 0.6) is 0 Å². The van der Waals surface area contributed by atoms with Crippen molar-refractivity contribution in [1.82, 2.24) is 5.32 Å². The predicted octanol–water partition coefficient (Wildman–Crippen LogP) is 0.770. The molecule has 2 rings (SSSR count). The number of carbonyl (C=O) groups is 2. The molecule has 22 heavy (non-hydrogen) atoms. The van der Waals surface area contributed by atoms with Gasteiger partial charge in [0, 0.05) is 6.54 Å². The molecule has 120 valence electrons. The Kier molecular flexibility index (Phi) is 5.91. The number of carbonyl (C=O) groups excluding carboxylic acids is 1. The highest BCUT2D eigenvalue weighted by atomic mass is 16.6. The van der Waals surface area contributed by atoms with Crippen molar-refractivity contribution >= 4 is 11.9 Å². The number of carboxylic acids is 1. The highest BCUT2D eigenvalue weighted by Crippen LogP contribution is 2.11. The van der Waals surface area contributed by atoms with E-state index in [0.717, 1.165) is 11.1 Å². The summed E-state index contributed by atoms with van der Waals surface area (Å²) in [7, 11) is 0. The summed E-state index contributed by atoms with van der Waals surface area (Å²) in [6.07, 6.45) is -0.276. The van der Waals surface area contributed by atoms with Crippen LogP contribution in [0.25, 0.3) is 0 Å². The van der Waals surface area contributed by atoms with Crippen LogP contribution < -0.4 is 5.32 Å². The van der Waals surface area contributed by atoms with Crippen molar-refractivity contribution in [3.8, 4) is 0 Å².